The van der Waals surface area contributed by atoms with Crippen LogP contribution in [0.4, 0.5) is 5.69 Å². The van der Waals surface area contributed by atoms with Crippen molar-refractivity contribution in [3.8, 4) is 11.5 Å². The van der Waals surface area contributed by atoms with Gasteiger partial charge in [-0.15, -0.1) is 0 Å². The van der Waals surface area contributed by atoms with E-state index in [1.165, 1.54) is 11.0 Å². The number of aliphatic hydroxyl groups excluding tert-OH is 1. The van der Waals surface area contributed by atoms with Crippen molar-refractivity contribution in [2.75, 3.05) is 4.90 Å². The van der Waals surface area contributed by atoms with Gasteiger partial charge in [-0.3, -0.25) is 19.8 Å². The van der Waals surface area contributed by atoms with Crippen molar-refractivity contribution in [1.82, 2.24) is 5.32 Å². The van der Waals surface area contributed by atoms with Gasteiger partial charge < -0.3 is 9.84 Å². The van der Waals surface area contributed by atoms with E-state index in [1.54, 1.807) is 31.2 Å². The van der Waals surface area contributed by atoms with E-state index in [-0.39, 0.29) is 17.1 Å². The zero-order valence-electron chi connectivity index (χ0n) is 14.6. The Bertz CT molecular complexity index is 892. The highest BCUT2D eigenvalue weighted by Gasteiger charge is 2.34. The number of para-hydroxylation sites is 1. The quantitative estimate of drug-likeness (QED) is 0.472. The molecule has 138 valence electrons. The molecule has 2 amide bonds. The van der Waals surface area contributed by atoms with Gasteiger partial charge in [-0.1, -0.05) is 24.3 Å². The number of hydrogen-bond donors (Lipinski definition) is 2. The molecular weight excluding hydrogens is 364 g/mol. The van der Waals surface area contributed by atoms with E-state index >= 15 is 0 Å². The van der Waals surface area contributed by atoms with Crippen LogP contribution in [0.15, 0.2) is 66.2 Å². The van der Waals surface area contributed by atoms with Crippen LogP contribution in [0, 0.1) is 0 Å². The summed E-state index contributed by atoms with van der Waals surface area (Å²) in [6, 6.07) is 16.1. The molecule has 2 aromatic rings. The SMILES string of the molecule is CC(O)C/C=C1\C(=O)NC(=S)N(c2ccc(Oc3ccccc3)cc2)C1=O. The predicted molar refractivity (Wildman–Crippen MR) is 106 cm³/mol. The molecule has 0 saturated carbocycles. The normalized spacial score (nSPS) is 17.0. The van der Waals surface area contributed by atoms with Gasteiger partial charge in [0.15, 0.2) is 5.11 Å². The molecule has 0 aliphatic carbocycles. The summed E-state index contributed by atoms with van der Waals surface area (Å²) in [7, 11) is 0. The molecule has 1 aliphatic rings. The molecule has 2 aromatic carbocycles. The first-order chi connectivity index (χ1) is 13.0. The number of anilines is 1. The number of hydrogen-bond acceptors (Lipinski definition) is 5. The van der Waals surface area contributed by atoms with Crippen molar-refractivity contribution < 1.29 is 19.4 Å². The topological polar surface area (TPSA) is 78.9 Å². The molecule has 1 saturated heterocycles. The van der Waals surface area contributed by atoms with Crippen LogP contribution in [-0.2, 0) is 9.59 Å². The van der Waals surface area contributed by atoms with E-state index in [4.69, 9.17) is 17.0 Å². The van der Waals surface area contributed by atoms with Gasteiger partial charge in [0.2, 0.25) is 0 Å². The molecule has 0 aromatic heterocycles. The minimum atomic E-state index is -0.658. The lowest BCUT2D eigenvalue weighted by Gasteiger charge is -2.29. The van der Waals surface area contributed by atoms with Crippen LogP contribution in [0.1, 0.15) is 13.3 Å². The zero-order chi connectivity index (χ0) is 19.4. The Morgan fingerprint density at radius 3 is 2.37 bits per heavy atom. The van der Waals surface area contributed by atoms with Gasteiger partial charge in [-0.2, -0.15) is 0 Å². The molecule has 7 heteroatoms. The van der Waals surface area contributed by atoms with E-state index in [1.807, 2.05) is 30.3 Å². The van der Waals surface area contributed by atoms with Crippen LogP contribution in [0.3, 0.4) is 0 Å². The number of thiocarbonyl (C=S) groups is 1. The summed E-state index contributed by atoms with van der Waals surface area (Å²) in [4.78, 5) is 26.0. The second-order valence-electron chi connectivity index (χ2n) is 6.01. The Labute approximate surface area is 162 Å². The van der Waals surface area contributed by atoms with Crippen LogP contribution < -0.4 is 15.0 Å². The molecule has 6 nitrogen and oxygen atoms in total. The maximum Gasteiger partial charge on any atom is 0.269 e. The number of carbonyl (C=O) groups is 2. The summed E-state index contributed by atoms with van der Waals surface area (Å²) in [5, 5.41) is 11.9. The van der Waals surface area contributed by atoms with Crippen molar-refractivity contribution in [3.63, 3.8) is 0 Å². The number of nitrogens with zero attached hydrogens (tertiary/aromatic N) is 1. The maximum absolute atomic E-state index is 12.7. The van der Waals surface area contributed by atoms with Crippen molar-refractivity contribution in [2.24, 2.45) is 0 Å². The van der Waals surface area contributed by atoms with Crippen LogP contribution in [-0.4, -0.2) is 28.1 Å². The molecule has 1 fully saturated rings. The van der Waals surface area contributed by atoms with Gasteiger partial charge >= 0.3 is 0 Å². The zero-order valence-corrected chi connectivity index (χ0v) is 15.4. The summed E-state index contributed by atoms with van der Waals surface area (Å²) < 4.78 is 5.73. The van der Waals surface area contributed by atoms with Gasteiger partial charge in [0.25, 0.3) is 11.8 Å². The van der Waals surface area contributed by atoms with E-state index in [9.17, 15) is 14.7 Å². The third-order valence-corrected chi connectivity index (χ3v) is 4.12. The summed E-state index contributed by atoms with van der Waals surface area (Å²) >= 11 is 5.16. The van der Waals surface area contributed by atoms with Crippen LogP contribution >= 0.6 is 12.2 Å². The van der Waals surface area contributed by atoms with Gasteiger partial charge in [0, 0.05) is 0 Å². The van der Waals surface area contributed by atoms with E-state index < -0.39 is 17.9 Å². The highest BCUT2D eigenvalue weighted by atomic mass is 32.1. The van der Waals surface area contributed by atoms with E-state index in [0.717, 1.165) is 0 Å². The number of carbonyl (C=O) groups excluding carboxylic acids is 2. The fourth-order valence-corrected chi connectivity index (χ4v) is 2.80. The average molecular weight is 382 g/mol. The van der Waals surface area contributed by atoms with Crippen LogP contribution in [0.25, 0.3) is 0 Å². The molecule has 2 N–H and O–H groups in total. The third-order valence-electron chi connectivity index (χ3n) is 3.84. The smallest absolute Gasteiger partial charge is 0.269 e. The molecule has 1 aliphatic heterocycles. The Morgan fingerprint density at radius 1 is 1.11 bits per heavy atom. The molecule has 1 atom stereocenters. The largest absolute Gasteiger partial charge is 0.457 e. The predicted octanol–water partition coefficient (Wildman–Crippen LogP) is 2.92. The molecule has 0 radical (unpaired) electrons. The Balaban J connectivity index is 1.81. The van der Waals surface area contributed by atoms with Crippen molar-refractivity contribution >= 4 is 34.8 Å². The summed E-state index contributed by atoms with van der Waals surface area (Å²) in [5.41, 5.74) is 0.461. The standard InChI is InChI=1S/C20H18N2O4S/c1-13(23)7-12-17-18(24)21-20(27)22(19(17)25)14-8-10-16(11-9-14)26-15-5-3-2-4-6-15/h2-6,8-13,23H,7H2,1H3,(H,21,24,27)/b17-12+. The fourth-order valence-electron chi connectivity index (χ4n) is 2.52. The first kappa shape index (κ1) is 18.8. The number of aliphatic hydroxyl groups is 1. The number of rotatable bonds is 5. The van der Waals surface area contributed by atoms with E-state index in [2.05, 4.69) is 5.32 Å². The Morgan fingerprint density at radius 2 is 1.74 bits per heavy atom. The second-order valence-corrected chi connectivity index (χ2v) is 6.40. The minimum Gasteiger partial charge on any atom is -0.457 e. The number of benzene rings is 2. The highest BCUT2D eigenvalue weighted by molar-refractivity contribution is 7.80. The number of ether oxygens (including phenoxy) is 1. The minimum absolute atomic E-state index is 0.0101. The average Bonchev–Trinajstić information content (AvgIpc) is 2.63. The fraction of sp³-hybridized carbons (Fsp3) is 0.150. The first-order valence-electron chi connectivity index (χ1n) is 8.36. The summed E-state index contributed by atoms with van der Waals surface area (Å²) in [6.07, 6.45) is 0.956. The number of amides is 2. The van der Waals surface area contributed by atoms with E-state index in [0.29, 0.717) is 17.2 Å². The highest BCUT2D eigenvalue weighted by Crippen LogP contribution is 2.26. The molecular formula is C20H18N2O4S. The van der Waals surface area contributed by atoms with Crippen molar-refractivity contribution in [1.29, 1.82) is 0 Å². The summed E-state index contributed by atoms with van der Waals surface area (Å²) in [6.45, 7) is 1.58. The number of nitrogens with one attached hydrogen (secondary N) is 1. The lowest BCUT2D eigenvalue weighted by Crippen LogP contribution is -2.54. The van der Waals surface area contributed by atoms with Crippen molar-refractivity contribution in [2.45, 2.75) is 19.4 Å². The molecule has 27 heavy (non-hydrogen) atoms. The molecule has 3 rings (SSSR count). The molecule has 1 heterocycles. The second kappa shape index (κ2) is 8.11. The van der Waals surface area contributed by atoms with Crippen LogP contribution in [0.2, 0.25) is 0 Å². The van der Waals surface area contributed by atoms with Crippen molar-refractivity contribution in [3.05, 3.63) is 66.2 Å². The van der Waals surface area contributed by atoms with Gasteiger partial charge in [0.1, 0.15) is 17.1 Å². The first-order valence-corrected chi connectivity index (χ1v) is 8.77. The summed E-state index contributed by atoms with van der Waals surface area (Å²) in [5.74, 6) is 0.215. The maximum atomic E-state index is 12.7. The monoisotopic (exact) mass is 382 g/mol. The lowest BCUT2D eigenvalue weighted by atomic mass is 10.1. The van der Waals surface area contributed by atoms with Crippen LogP contribution in [0.5, 0.6) is 11.5 Å². The van der Waals surface area contributed by atoms with Gasteiger partial charge in [-0.05, 0) is 62.0 Å². The van der Waals surface area contributed by atoms with Gasteiger partial charge in [-0.25, -0.2) is 0 Å². The molecule has 0 bridgehead atoms. The molecule has 1 unspecified atom stereocenters. The Kier molecular flexibility index (Phi) is 5.63. The Hall–Kier alpha value is -3.03. The van der Waals surface area contributed by atoms with Gasteiger partial charge in [0.05, 0.1) is 11.8 Å². The molecule has 0 spiro atoms. The lowest BCUT2D eigenvalue weighted by molar-refractivity contribution is -0.122. The third kappa shape index (κ3) is 4.39.